The summed E-state index contributed by atoms with van der Waals surface area (Å²) in [6.45, 7) is 6.24. The molecule has 0 bridgehead atoms. The summed E-state index contributed by atoms with van der Waals surface area (Å²) in [5.41, 5.74) is 1.32. The second-order valence-electron chi connectivity index (χ2n) is 8.46. The first-order chi connectivity index (χ1) is 15.1. The molecule has 1 amide bonds. The Bertz CT molecular complexity index is 905. The number of nitrogens with zero attached hydrogens (tertiary/aromatic N) is 3. The SMILES string of the molecule is CC1CNCC(C(=O)Nc2cc(-c3cncc(NCC4CCOCC4)n3)c(Cl)cn2)C1. The lowest BCUT2D eigenvalue weighted by Crippen LogP contribution is -2.41. The molecular weight excluding hydrogens is 416 g/mol. The van der Waals surface area contributed by atoms with E-state index in [0.717, 1.165) is 45.6 Å². The Kier molecular flexibility index (Phi) is 7.32. The molecule has 4 rings (SSSR count). The highest BCUT2D eigenvalue weighted by molar-refractivity contribution is 6.33. The van der Waals surface area contributed by atoms with E-state index in [2.05, 4.69) is 37.8 Å². The summed E-state index contributed by atoms with van der Waals surface area (Å²) in [7, 11) is 0. The van der Waals surface area contributed by atoms with Crippen molar-refractivity contribution in [2.45, 2.75) is 26.2 Å². The molecule has 0 saturated carbocycles. The number of carbonyl (C=O) groups is 1. The molecule has 0 radical (unpaired) electrons. The number of ether oxygens (including phenoxy) is 1. The molecule has 2 aliphatic rings. The van der Waals surface area contributed by atoms with Crippen molar-refractivity contribution in [3.8, 4) is 11.3 Å². The van der Waals surface area contributed by atoms with Crippen LogP contribution < -0.4 is 16.0 Å². The number of carbonyl (C=O) groups excluding carboxylic acids is 1. The summed E-state index contributed by atoms with van der Waals surface area (Å²) in [4.78, 5) is 25.9. The van der Waals surface area contributed by atoms with Gasteiger partial charge in [0.15, 0.2) is 0 Å². The maximum atomic E-state index is 12.7. The number of hydrogen-bond donors (Lipinski definition) is 3. The number of nitrogens with one attached hydrogen (secondary N) is 3. The summed E-state index contributed by atoms with van der Waals surface area (Å²) in [5.74, 6) is 2.11. The van der Waals surface area contributed by atoms with Gasteiger partial charge in [0.25, 0.3) is 0 Å². The molecule has 3 N–H and O–H groups in total. The number of aromatic nitrogens is 3. The summed E-state index contributed by atoms with van der Waals surface area (Å²) in [5, 5.41) is 10.1. The maximum absolute atomic E-state index is 12.7. The van der Waals surface area contributed by atoms with E-state index >= 15 is 0 Å². The molecule has 0 spiro atoms. The first kappa shape index (κ1) is 21.9. The Morgan fingerprint density at radius 2 is 2.06 bits per heavy atom. The summed E-state index contributed by atoms with van der Waals surface area (Å²) < 4.78 is 5.41. The van der Waals surface area contributed by atoms with E-state index in [4.69, 9.17) is 16.3 Å². The van der Waals surface area contributed by atoms with Gasteiger partial charge in [0.05, 0.1) is 29.0 Å². The average Bonchev–Trinajstić information content (AvgIpc) is 2.80. The predicted molar refractivity (Wildman–Crippen MR) is 121 cm³/mol. The molecule has 2 aliphatic heterocycles. The number of anilines is 2. The normalized spacial score (nSPS) is 22.1. The van der Waals surface area contributed by atoms with Crippen molar-refractivity contribution < 1.29 is 9.53 Å². The Morgan fingerprint density at radius 3 is 2.87 bits per heavy atom. The highest BCUT2D eigenvalue weighted by Gasteiger charge is 2.25. The predicted octanol–water partition coefficient (Wildman–Crippen LogP) is 3.21. The van der Waals surface area contributed by atoms with Crippen LogP contribution in [-0.4, -0.2) is 53.7 Å². The molecule has 0 aliphatic carbocycles. The van der Waals surface area contributed by atoms with Gasteiger partial charge in [-0.1, -0.05) is 18.5 Å². The third-order valence-electron chi connectivity index (χ3n) is 5.87. The minimum Gasteiger partial charge on any atom is -0.381 e. The molecule has 2 fully saturated rings. The Balaban J connectivity index is 1.44. The molecule has 2 unspecified atom stereocenters. The fourth-order valence-corrected chi connectivity index (χ4v) is 4.27. The lowest BCUT2D eigenvalue weighted by molar-refractivity contribution is -0.120. The van der Waals surface area contributed by atoms with Crippen molar-refractivity contribution >= 4 is 29.1 Å². The zero-order chi connectivity index (χ0) is 21.6. The lowest BCUT2D eigenvalue weighted by atomic mass is 9.91. The maximum Gasteiger partial charge on any atom is 0.229 e. The van der Waals surface area contributed by atoms with E-state index in [1.165, 1.54) is 6.20 Å². The van der Waals surface area contributed by atoms with Gasteiger partial charge < -0.3 is 20.7 Å². The number of pyridine rings is 1. The van der Waals surface area contributed by atoms with Gasteiger partial charge in [0.2, 0.25) is 5.91 Å². The van der Waals surface area contributed by atoms with E-state index in [-0.39, 0.29) is 11.8 Å². The van der Waals surface area contributed by atoms with Crippen LogP contribution in [0.2, 0.25) is 5.02 Å². The van der Waals surface area contributed by atoms with Gasteiger partial charge in [-0.15, -0.1) is 0 Å². The van der Waals surface area contributed by atoms with Crippen molar-refractivity contribution in [2.24, 2.45) is 17.8 Å². The molecule has 2 aromatic heterocycles. The van der Waals surface area contributed by atoms with Crippen LogP contribution >= 0.6 is 11.6 Å². The smallest absolute Gasteiger partial charge is 0.229 e. The number of amides is 1. The minimum absolute atomic E-state index is 0.0298. The zero-order valence-electron chi connectivity index (χ0n) is 17.7. The van der Waals surface area contributed by atoms with Gasteiger partial charge in [-0.3, -0.25) is 9.78 Å². The third-order valence-corrected chi connectivity index (χ3v) is 6.17. The minimum atomic E-state index is -0.0674. The van der Waals surface area contributed by atoms with Crippen molar-refractivity contribution in [3.63, 3.8) is 0 Å². The van der Waals surface area contributed by atoms with Crippen molar-refractivity contribution in [2.75, 3.05) is 43.5 Å². The first-order valence-corrected chi connectivity index (χ1v) is 11.3. The van der Waals surface area contributed by atoms with Crippen LogP contribution in [0.3, 0.4) is 0 Å². The van der Waals surface area contributed by atoms with Gasteiger partial charge in [-0.25, -0.2) is 9.97 Å². The summed E-state index contributed by atoms with van der Waals surface area (Å²) in [6.07, 6.45) is 7.88. The fourth-order valence-electron chi connectivity index (χ4n) is 4.07. The molecule has 31 heavy (non-hydrogen) atoms. The molecule has 166 valence electrons. The average molecular weight is 445 g/mol. The van der Waals surface area contributed by atoms with Crippen LogP contribution in [0.4, 0.5) is 11.6 Å². The van der Waals surface area contributed by atoms with Gasteiger partial charge in [-0.2, -0.15) is 0 Å². The van der Waals surface area contributed by atoms with Gasteiger partial charge in [0.1, 0.15) is 11.6 Å². The van der Waals surface area contributed by atoms with E-state index in [9.17, 15) is 4.79 Å². The standard InChI is InChI=1S/C22H29ClN6O2/c1-14-6-16(10-24-8-14)22(30)29-20-7-17(18(23)11-27-20)19-12-25-13-21(28-19)26-9-15-2-4-31-5-3-15/h7,11-16,24H,2-6,8-10H2,1H3,(H,26,28)(H,27,29,30). The molecule has 2 aromatic rings. The molecule has 8 nitrogen and oxygen atoms in total. The number of hydrogen-bond acceptors (Lipinski definition) is 7. The number of rotatable bonds is 6. The Labute approximate surface area is 187 Å². The van der Waals surface area contributed by atoms with E-state index in [0.29, 0.717) is 46.3 Å². The van der Waals surface area contributed by atoms with Crippen LogP contribution in [-0.2, 0) is 9.53 Å². The number of piperidine rings is 1. The highest BCUT2D eigenvalue weighted by atomic mass is 35.5. The van der Waals surface area contributed by atoms with Crippen molar-refractivity contribution in [3.05, 3.63) is 29.7 Å². The molecular formula is C22H29ClN6O2. The Hall–Kier alpha value is -2.29. The van der Waals surface area contributed by atoms with Crippen LogP contribution in [0.1, 0.15) is 26.2 Å². The van der Waals surface area contributed by atoms with Crippen LogP contribution in [0.15, 0.2) is 24.7 Å². The molecule has 2 saturated heterocycles. The zero-order valence-corrected chi connectivity index (χ0v) is 18.5. The van der Waals surface area contributed by atoms with Crippen molar-refractivity contribution in [1.82, 2.24) is 20.3 Å². The molecule has 2 atom stereocenters. The number of halogens is 1. The van der Waals surface area contributed by atoms with E-state index in [1.54, 1.807) is 18.5 Å². The molecule has 4 heterocycles. The van der Waals surface area contributed by atoms with Crippen LogP contribution in [0.25, 0.3) is 11.3 Å². The quantitative estimate of drug-likeness (QED) is 0.628. The van der Waals surface area contributed by atoms with Crippen molar-refractivity contribution in [1.29, 1.82) is 0 Å². The van der Waals surface area contributed by atoms with Gasteiger partial charge in [-0.05, 0) is 43.7 Å². The molecule has 9 heteroatoms. The monoisotopic (exact) mass is 444 g/mol. The first-order valence-electron chi connectivity index (χ1n) is 10.9. The second-order valence-corrected chi connectivity index (χ2v) is 8.87. The van der Waals surface area contributed by atoms with Crippen LogP contribution in [0.5, 0.6) is 0 Å². The summed E-state index contributed by atoms with van der Waals surface area (Å²) >= 11 is 6.40. The Morgan fingerprint density at radius 1 is 1.23 bits per heavy atom. The second kappa shape index (κ2) is 10.3. The largest absolute Gasteiger partial charge is 0.381 e. The topological polar surface area (TPSA) is 101 Å². The van der Waals surface area contributed by atoms with Gasteiger partial charge in [0, 0.05) is 38.1 Å². The fraction of sp³-hybridized carbons (Fsp3) is 0.545. The van der Waals surface area contributed by atoms with E-state index in [1.807, 2.05) is 0 Å². The van der Waals surface area contributed by atoms with E-state index < -0.39 is 0 Å². The van der Waals surface area contributed by atoms with Gasteiger partial charge >= 0.3 is 0 Å². The third kappa shape index (κ3) is 5.90. The van der Waals surface area contributed by atoms with Crippen LogP contribution in [0, 0.1) is 17.8 Å². The highest BCUT2D eigenvalue weighted by Crippen LogP contribution is 2.29. The lowest BCUT2D eigenvalue weighted by Gasteiger charge is -2.26. The summed E-state index contributed by atoms with van der Waals surface area (Å²) in [6, 6.07) is 1.76. The molecule has 0 aromatic carbocycles.